The minimum atomic E-state index is -1.29. The first kappa shape index (κ1) is 28.5. The van der Waals surface area contributed by atoms with Crippen molar-refractivity contribution < 1.29 is 24.3 Å². The first-order chi connectivity index (χ1) is 19.2. The molecule has 0 bridgehead atoms. The van der Waals surface area contributed by atoms with Gasteiger partial charge in [-0.2, -0.15) is 0 Å². The number of aliphatic carboxylic acids is 1. The third-order valence-corrected chi connectivity index (χ3v) is 10.1. The van der Waals surface area contributed by atoms with E-state index in [0.29, 0.717) is 5.57 Å². The van der Waals surface area contributed by atoms with Gasteiger partial charge in [0.2, 0.25) is 5.91 Å². The molecule has 3 N–H and O–H groups in total. The fraction of sp³-hybridized carbons (Fsp3) is 0.192. The van der Waals surface area contributed by atoms with Gasteiger partial charge in [-0.1, -0.05) is 71.4 Å². The Morgan fingerprint density at radius 1 is 1.10 bits per heavy atom. The summed E-state index contributed by atoms with van der Waals surface area (Å²) in [5, 5.41) is 16.9. The maximum atomic E-state index is 12.9. The first-order valence-corrected chi connectivity index (χ1v) is 15.5. The fourth-order valence-corrected chi connectivity index (χ4v) is 7.78. The van der Waals surface area contributed by atoms with Gasteiger partial charge in [0, 0.05) is 23.2 Å². The predicted molar refractivity (Wildman–Crippen MR) is 157 cm³/mol. The molecule has 40 heavy (non-hydrogen) atoms. The smallest absolute Gasteiger partial charge is 0.352 e. The fourth-order valence-electron chi connectivity index (χ4n) is 4.22. The Kier molecular flexibility index (Phi) is 8.71. The Labute approximate surface area is 251 Å². The maximum absolute atomic E-state index is 12.9. The van der Waals surface area contributed by atoms with E-state index in [1.54, 1.807) is 6.07 Å². The number of halogens is 2. The summed E-state index contributed by atoms with van der Waals surface area (Å²) in [6, 6.07) is 13.5. The van der Waals surface area contributed by atoms with Crippen LogP contribution in [0.5, 0.6) is 0 Å². The minimum Gasteiger partial charge on any atom is -0.477 e. The van der Waals surface area contributed by atoms with Crippen LogP contribution in [-0.4, -0.2) is 68.1 Å². The summed E-state index contributed by atoms with van der Waals surface area (Å²) in [6.07, 6.45) is 0. The van der Waals surface area contributed by atoms with Crippen molar-refractivity contribution in [1.29, 1.82) is 0 Å². The highest BCUT2D eigenvalue weighted by atomic mass is 35.5. The highest BCUT2D eigenvalue weighted by molar-refractivity contribution is 8.01. The van der Waals surface area contributed by atoms with Crippen LogP contribution in [0.3, 0.4) is 0 Å². The van der Waals surface area contributed by atoms with Crippen LogP contribution >= 0.6 is 58.1 Å². The van der Waals surface area contributed by atoms with E-state index in [2.05, 4.69) is 15.6 Å². The number of rotatable bonds is 9. The van der Waals surface area contributed by atoms with Crippen LogP contribution in [0.2, 0.25) is 10.0 Å². The molecule has 2 aromatic carbocycles. The standard InChI is InChI=1S/C26H20Cl2N4O5S3/c27-15-7-4-8-16(28)19(15)22(34)29-9-14-10-38-24-20(23(35)32(24)21(14)25(36)37)31-18(33)12-40-26-30-17(11-39-26)13-5-2-1-3-6-13/h1-8,11,20,24H,9-10,12H2,(H,29,34)(H,31,33)(H,36,37)/t20?,24-/m0/s1. The Bertz CT molecular complexity index is 1510. The van der Waals surface area contributed by atoms with Crippen LogP contribution in [0.4, 0.5) is 0 Å². The highest BCUT2D eigenvalue weighted by Gasteiger charge is 2.54. The lowest BCUT2D eigenvalue weighted by Crippen LogP contribution is -2.70. The lowest BCUT2D eigenvalue weighted by Gasteiger charge is -2.49. The number of carboxylic acids is 1. The topological polar surface area (TPSA) is 129 Å². The molecule has 1 aromatic heterocycles. The molecule has 0 saturated carbocycles. The largest absolute Gasteiger partial charge is 0.477 e. The van der Waals surface area contributed by atoms with Crippen LogP contribution < -0.4 is 10.6 Å². The van der Waals surface area contributed by atoms with Crippen molar-refractivity contribution in [2.75, 3.05) is 18.1 Å². The van der Waals surface area contributed by atoms with Gasteiger partial charge in [-0.05, 0) is 17.7 Å². The van der Waals surface area contributed by atoms with Crippen molar-refractivity contribution in [2.24, 2.45) is 0 Å². The lowest BCUT2D eigenvalue weighted by molar-refractivity contribution is -0.150. The normalized spacial score (nSPS) is 18.1. The van der Waals surface area contributed by atoms with E-state index in [1.807, 2.05) is 35.7 Å². The van der Waals surface area contributed by atoms with Crippen LogP contribution in [0, 0.1) is 0 Å². The number of β-lactam (4-membered cyclic amide) rings is 1. The molecule has 3 amide bonds. The van der Waals surface area contributed by atoms with E-state index in [-0.39, 0.29) is 45.3 Å². The molecule has 1 saturated heterocycles. The summed E-state index contributed by atoms with van der Waals surface area (Å²) < 4.78 is 0.725. The van der Waals surface area contributed by atoms with Crippen LogP contribution in [0.15, 0.2) is 69.5 Å². The Hall–Kier alpha value is -3.03. The molecule has 3 heterocycles. The summed E-state index contributed by atoms with van der Waals surface area (Å²) in [5.74, 6) is -2.42. The quantitative estimate of drug-likeness (QED) is 0.234. The second kappa shape index (κ2) is 12.2. The van der Waals surface area contributed by atoms with E-state index in [1.165, 1.54) is 47.0 Å². The zero-order chi connectivity index (χ0) is 28.4. The number of amides is 3. The maximum Gasteiger partial charge on any atom is 0.352 e. The zero-order valence-corrected chi connectivity index (χ0v) is 24.4. The third kappa shape index (κ3) is 5.86. The van der Waals surface area contributed by atoms with E-state index in [0.717, 1.165) is 20.5 Å². The van der Waals surface area contributed by atoms with Crippen molar-refractivity contribution in [3.05, 3.63) is 80.8 Å². The number of aromatic nitrogens is 1. The van der Waals surface area contributed by atoms with Crippen molar-refractivity contribution in [3.63, 3.8) is 0 Å². The molecule has 0 aliphatic carbocycles. The van der Waals surface area contributed by atoms with Gasteiger partial charge >= 0.3 is 5.97 Å². The molecule has 2 atom stereocenters. The number of nitrogens with zero attached hydrogens (tertiary/aromatic N) is 2. The number of hydrogen-bond acceptors (Lipinski definition) is 8. The summed E-state index contributed by atoms with van der Waals surface area (Å²) in [4.78, 5) is 56.0. The summed E-state index contributed by atoms with van der Waals surface area (Å²) >= 11 is 16.2. The van der Waals surface area contributed by atoms with Crippen molar-refractivity contribution >= 4 is 81.8 Å². The number of fused-ring (bicyclic) bond motifs is 1. The summed E-state index contributed by atoms with van der Waals surface area (Å²) in [6.45, 7) is -0.113. The van der Waals surface area contributed by atoms with Gasteiger partial charge in [-0.25, -0.2) is 9.78 Å². The molecule has 1 unspecified atom stereocenters. The van der Waals surface area contributed by atoms with Crippen molar-refractivity contribution in [2.45, 2.75) is 15.8 Å². The van der Waals surface area contributed by atoms with E-state index >= 15 is 0 Å². The Morgan fingerprint density at radius 3 is 2.52 bits per heavy atom. The number of carboxylic acid groups (broad SMARTS) is 1. The van der Waals surface area contributed by atoms with Crippen molar-refractivity contribution in [3.8, 4) is 11.3 Å². The SMILES string of the molecule is O=C(CSc1nc(-c2ccccc2)cs1)NC1C(=O)N2C(C(=O)O)=C(CNC(=O)c3c(Cl)cccc3Cl)CS[C@@H]12. The molecular weight excluding hydrogens is 615 g/mol. The van der Waals surface area contributed by atoms with Gasteiger partial charge < -0.3 is 15.7 Å². The second-order valence-electron chi connectivity index (χ2n) is 8.64. The molecular formula is C26H20Cl2N4O5S3. The first-order valence-electron chi connectivity index (χ1n) is 11.8. The number of hydrogen-bond donors (Lipinski definition) is 3. The van der Waals surface area contributed by atoms with E-state index in [4.69, 9.17) is 23.2 Å². The number of nitrogens with one attached hydrogen (secondary N) is 2. The Balaban J connectivity index is 1.19. The molecule has 206 valence electrons. The number of thioether (sulfide) groups is 2. The second-order valence-corrected chi connectivity index (χ2v) is 12.6. The number of benzene rings is 2. The van der Waals surface area contributed by atoms with Gasteiger partial charge in [0.1, 0.15) is 17.1 Å². The molecule has 2 aliphatic heterocycles. The molecule has 0 radical (unpaired) electrons. The molecule has 5 rings (SSSR count). The van der Waals surface area contributed by atoms with Gasteiger partial charge in [-0.3, -0.25) is 19.3 Å². The monoisotopic (exact) mass is 634 g/mol. The number of carbonyl (C=O) groups excluding carboxylic acids is 3. The summed E-state index contributed by atoms with van der Waals surface area (Å²) in [5.41, 5.74) is 2.05. The minimum absolute atomic E-state index is 0.0619. The highest BCUT2D eigenvalue weighted by Crippen LogP contribution is 2.40. The van der Waals surface area contributed by atoms with E-state index < -0.39 is 29.2 Å². The van der Waals surface area contributed by atoms with E-state index in [9.17, 15) is 24.3 Å². The molecule has 0 spiro atoms. The zero-order valence-electron chi connectivity index (χ0n) is 20.4. The van der Waals surface area contributed by atoms with Crippen LogP contribution in [0.25, 0.3) is 11.3 Å². The van der Waals surface area contributed by atoms with Gasteiger partial charge in [0.05, 0.1) is 27.1 Å². The Morgan fingerprint density at radius 2 is 1.82 bits per heavy atom. The average Bonchev–Trinajstić information content (AvgIpc) is 3.42. The van der Waals surface area contributed by atoms with Crippen molar-refractivity contribution in [1.82, 2.24) is 20.5 Å². The van der Waals surface area contributed by atoms with Crippen LogP contribution in [0.1, 0.15) is 10.4 Å². The molecule has 14 heteroatoms. The average molecular weight is 636 g/mol. The molecule has 2 aliphatic rings. The number of thiazole rings is 1. The van der Waals surface area contributed by atoms with Crippen LogP contribution in [-0.2, 0) is 14.4 Å². The summed E-state index contributed by atoms with van der Waals surface area (Å²) in [7, 11) is 0. The lowest BCUT2D eigenvalue weighted by atomic mass is 10.0. The molecule has 9 nitrogen and oxygen atoms in total. The molecule has 1 fully saturated rings. The molecule has 3 aromatic rings. The third-order valence-electron chi connectivity index (χ3n) is 6.10. The predicted octanol–water partition coefficient (Wildman–Crippen LogP) is 4.38. The van der Waals surface area contributed by atoms with Gasteiger partial charge in [-0.15, -0.1) is 23.1 Å². The number of carbonyl (C=O) groups is 4. The van der Waals surface area contributed by atoms with Gasteiger partial charge in [0.15, 0.2) is 4.34 Å². The van der Waals surface area contributed by atoms with Gasteiger partial charge in [0.25, 0.3) is 11.8 Å².